The molecule has 1 aromatic rings. The van der Waals surface area contributed by atoms with E-state index in [4.69, 9.17) is 0 Å². The van der Waals surface area contributed by atoms with Gasteiger partial charge in [0.1, 0.15) is 5.82 Å². The first kappa shape index (κ1) is 11.3. The summed E-state index contributed by atoms with van der Waals surface area (Å²) in [6, 6.07) is 5.98. The summed E-state index contributed by atoms with van der Waals surface area (Å²) in [7, 11) is 1.85. The first-order valence-electron chi connectivity index (χ1n) is 5.63. The fourth-order valence-corrected chi connectivity index (χ4v) is 2.36. The van der Waals surface area contributed by atoms with Crippen LogP contribution in [0.4, 0.5) is 4.39 Å². The highest BCUT2D eigenvalue weighted by molar-refractivity contribution is 6.01. The van der Waals surface area contributed by atoms with Gasteiger partial charge in [-0.25, -0.2) is 4.39 Å². The second kappa shape index (κ2) is 4.34. The van der Waals surface area contributed by atoms with E-state index in [0.717, 1.165) is 19.3 Å². The van der Waals surface area contributed by atoms with Crippen LogP contribution in [0.5, 0.6) is 0 Å². The van der Waals surface area contributed by atoms with Crippen LogP contribution in [0, 0.1) is 11.2 Å². The molecule has 86 valence electrons. The van der Waals surface area contributed by atoms with Gasteiger partial charge < -0.3 is 5.32 Å². The summed E-state index contributed by atoms with van der Waals surface area (Å²) in [5, 5.41) is 3.06. The minimum absolute atomic E-state index is 0.0765. The van der Waals surface area contributed by atoms with Crippen molar-refractivity contribution in [2.24, 2.45) is 5.41 Å². The third kappa shape index (κ3) is 1.87. The van der Waals surface area contributed by atoms with Crippen LogP contribution in [0.25, 0.3) is 0 Å². The number of benzene rings is 1. The van der Waals surface area contributed by atoms with Crippen LogP contribution in [0.2, 0.25) is 0 Å². The van der Waals surface area contributed by atoms with Crippen LogP contribution in [0.15, 0.2) is 24.3 Å². The van der Waals surface area contributed by atoms with Gasteiger partial charge in [-0.2, -0.15) is 0 Å². The molecule has 1 aliphatic rings. The molecule has 1 saturated carbocycles. The standard InChI is InChI=1S/C13H16FNO/c1-15-9-13(6-3-7-13)12(16)10-4-2-5-11(14)8-10/h2,4-5,8,15H,3,6-7,9H2,1H3. The predicted octanol–water partition coefficient (Wildman–Crippen LogP) is 2.40. The van der Waals surface area contributed by atoms with Gasteiger partial charge >= 0.3 is 0 Å². The molecule has 0 aromatic heterocycles. The Kier molecular flexibility index (Phi) is 3.06. The third-order valence-corrected chi connectivity index (χ3v) is 3.39. The van der Waals surface area contributed by atoms with Crippen LogP contribution in [0.1, 0.15) is 29.6 Å². The molecule has 0 spiro atoms. The Balaban J connectivity index is 2.23. The maximum Gasteiger partial charge on any atom is 0.170 e. The van der Waals surface area contributed by atoms with E-state index in [1.54, 1.807) is 12.1 Å². The molecule has 0 unspecified atom stereocenters. The number of carbonyl (C=O) groups excluding carboxylic acids is 1. The van der Waals surface area contributed by atoms with Gasteiger partial charge in [0.2, 0.25) is 0 Å². The molecular formula is C13H16FNO. The summed E-state index contributed by atoms with van der Waals surface area (Å²) >= 11 is 0. The van der Waals surface area contributed by atoms with Crippen molar-refractivity contribution < 1.29 is 9.18 Å². The lowest BCUT2D eigenvalue weighted by Crippen LogP contribution is -2.45. The smallest absolute Gasteiger partial charge is 0.170 e. The van der Waals surface area contributed by atoms with Gasteiger partial charge in [0.25, 0.3) is 0 Å². The summed E-state index contributed by atoms with van der Waals surface area (Å²) in [6.07, 6.45) is 2.90. The van der Waals surface area contributed by atoms with Gasteiger partial charge in [-0.05, 0) is 32.0 Å². The number of halogens is 1. The van der Waals surface area contributed by atoms with E-state index >= 15 is 0 Å². The van der Waals surface area contributed by atoms with Crippen molar-refractivity contribution in [2.75, 3.05) is 13.6 Å². The molecule has 0 amide bonds. The Morgan fingerprint density at radius 3 is 2.75 bits per heavy atom. The third-order valence-electron chi connectivity index (χ3n) is 3.39. The van der Waals surface area contributed by atoms with Crippen molar-refractivity contribution in [3.05, 3.63) is 35.6 Å². The van der Waals surface area contributed by atoms with Gasteiger partial charge in [-0.1, -0.05) is 18.6 Å². The van der Waals surface area contributed by atoms with E-state index in [-0.39, 0.29) is 17.0 Å². The van der Waals surface area contributed by atoms with E-state index < -0.39 is 0 Å². The van der Waals surface area contributed by atoms with Crippen molar-refractivity contribution in [2.45, 2.75) is 19.3 Å². The first-order chi connectivity index (χ1) is 7.68. The molecule has 1 fully saturated rings. The average molecular weight is 221 g/mol. The SMILES string of the molecule is CNCC1(C(=O)c2cccc(F)c2)CCC1. The molecule has 0 aliphatic heterocycles. The molecule has 0 heterocycles. The monoisotopic (exact) mass is 221 g/mol. The number of nitrogens with one attached hydrogen (secondary N) is 1. The van der Waals surface area contributed by atoms with E-state index in [9.17, 15) is 9.18 Å². The number of hydrogen-bond donors (Lipinski definition) is 1. The zero-order valence-corrected chi connectivity index (χ0v) is 9.42. The molecule has 0 atom stereocenters. The topological polar surface area (TPSA) is 29.1 Å². The van der Waals surface area contributed by atoms with Crippen molar-refractivity contribution in [1.29, 1.82) is 0 Å². The van der Waals surface area contributed by atoms with E-state index in [2.05, 4.69) is 5.32 Å². The average Bonchev–Trinajstić information content (AvgIpc) is 2.22. The van der Waals surface area contributed by atoms with Crippen LogP contribution in [-0.2, 0) is 0 Å². The van der Waals surface area contributed by atoms with Crippen molar-refractivity contribution >= 4 is 5.78 Å². The van der Waals surface area contributed by atoms with Crippen LogP contribution in [0.3, 0.4) is 0 Å². The largest absolute Gasteiger partial charge is 0.319 e. The molecule has 1 N–H and O–H groups in total. The van der Waals surface area contributed by atoms with E-state index in [0.29, 0.717) is 12.1 Å². The van der Waals surface area contributed by atoms with Crippen LogP contribution in [-0.4, -0.2) is 19.4 Å². The second-order valence-electron chi connectivity index (χ2n) is 4.50. The fraction of sp³-hybridized carbons (Fsp3) is 0.462. The highest BCUT2D eigenvalue weighted by atomic mass is 19.1. The maximum absolute atomic E-state index is 13.1. The molecule has 16 heavy (non-hydrogen) atoms. The van der Waals surface area contributed by atoms with E-state index in [1.165, 1.54) is 12.1 Å². The molecule has 1 aromatic carbocycles. The Bertz CT molecular complexity index is 399. The van der Waals surface area contributed by atoms with Gasteiger partial charge in [0.15, 0.2) is 5.78 Å². The lowest BCUT2D eigenvalue weighted by Gasteiger charge is -2.40. The number of ketones is 1. The first-order valence-corrected chi connectivity index (χ1v) is 5.63. The molecule has 2 nitrogen and oxygen atoms in total. The van der Waals surface area contributed by atoms with Gasteiger partial charge in [-0.15, -0.1) is 0 Å². The normalized spacial score (nSPS) is 17.9. The lowest BCUT2D eigenvalue weighted by atomic mass is 9.64. The number of Topliss-reactive ketones (excluding diaryl/α,β-unsaturated/α-hetero) is 1. The highest BCUT2D eigenvalue weighted by Crippen LogP contribution is 2.43. The van der Waals surface area contributed by atoms with Gasteiger partial charge in [0.05, 0.1) is 0 Å². The fourth-order valence-electron chi connectivity index (χ4n) is 2.36. The number of hydrogen-bond acceptors (Lipinski definition) is 2. The number of rotatable bonds is 4. The Labute approximate surface area is 94.9 Å². The zero-order chi connectivity index (χ0) is 11.6. The van der Waals surface area contributed by atoms with Crippen molar-refractivity contribution in [3.8, 4) is 0 Å². The van der Waals surface area contributed by atoms with E-state index in [1.807, 2.05) is 7.05 Å². The summed E-state index contributed by atoms with van der Waals surface area (Å²) in [5.74, 6) is -0.266. The van der Waals surface area contributed by atoms with Crippen LogP contribution >= 0.6 is 0 Å². The summed E-state index contributed by atoms with van der Waals surface area (Å²) in [4.78, 5) is 12.3. The summed E-state index contributed by atoms with van der Waals surface area (Å²) in [6.45, 7) is 0.683. The molecular weight excluding hydrogens is 205 g/mol. The van der Waals surface area contributed by atoms with Crippen molar-refractivity contribution in [1.82, 2.24) is 5.32 Å². The molecule has 3 heteroatoms. The molecule has 1 aliphatic carbocycles. The molecule has 0 radical (unpaired) electrons. The minimum Gasteiger partial charge on any atom is -0.319 e. The second-order valence-corrected chi connectivity index (χ2v) is 4.50. The summed E-state index contributed by atoms with van der Waals surface area (Å²) in [5.41, 5.74) is 0.206. The molecule has 2 rings (SSSR count). The maximum atomic E-state index is 13.1. The Morgan fingerprint density at radius 2 is 2.25 bits per heavy atom. The Morgan fingerprint density at radius 1 is 1.50 bits per heavy atom. The predicted molar refractivity (Wildman–Crippen MR) is 60.9 cm³/mol. The van der Waals surface area contributed by atoms with Gasteiger partial charge in [0, 0.05) is 17.5 Å². The zero-order valence-electron chi connectivity index (χ0n) is 9.42. The van der Waals surface area contributed by atoms with Gasteiger partial charge in [-0.3, -0.25) is 4.79 Å². The minimum atomic E-state index is -0.343. The number of carbonyl (C=O) groups is 1. The lowest BCUT2D eigenvalue weighted by molar-refractivity contribution is 0.0614. The molecule has 0 bridgehead atoms. The van der Waals surface area contributed by atoms with Crippen LogP contribution < -0.4 is 5.32 Å². The summed E-state index contributed by atoms with van der Waals surface area (Å²) < 4.78 is 13.1. The highest BCUT2D eigenvalue weighted by Gasteiger charge is 2.43. The quantitative estimate of drug-likeness (QED) is 0.791. The Hall–Kier alpha value is -1.22. The molecule has 0 saturated heterocycles. The van der Waals surface area contributed by atoms with Crippen molar-refractivity contribution in [3.63, 3.8) is 0 Å².